The van der Waals surface area contributed by atoms with Gasteiger partial charge in [-0.25, -0.2) is 0 Å². The Hall–Kier alpha value is -2.88. The van der Waals surface area contributed by atoms with E-state index in [0.717, 1.165) is 25.5 Å². The maximum Gasteiger partial charge on any atom is 0.307 e. The van der Waals surface area contributed by atoms with E-state index in [1.54, 1.807) is 24.3 Å². The van der Waals surface area contributed by atoms with Crippen molar-refractivity contribution in [2.75, 3.05) is 6.61 Å². The first-order chi connectivity index (χ1) is 13.7. The number of allylic oxidation sites excluding steroid dienone is 8. The Balaban J connectivity index is 2.32. The monoisotopic (exact) mass is 382 g/mol. The van der Waals surface area contributed by atoms with Crippen molar-refractivity contribution >= 4 is 12.3 Å². The third-order valence-electron chi connectivity index (χ3n) is 3.88. The van der Waals surface area contributed by atoms with E-state index in [1.165, 1.54) is 0 Å². The number of carboxylic acids is 1. The van der Waals surface area contributed by atoms with Crippen LogP contribution in [0.15, 0.2) is 72.9 Å². The van der Waals surface area contributed by atoms with Gasteiger partial charge < -0.3 is 14.6 Å². The second-order valence-electron chi connectivity index (χ2n) is 6.31. The Kier molecular flexibility index (Phi) is 12.6. The Morgan fingerprint density at radius 1 is 1.11 bits per heavy atom. The van der Waals surface area contributed by atoms with Crippen LogP contribution >= 0.6 is 0 Å². The lowest BCUT2D eigenvalue weighted by Gasteiger charge is -2.09. The van der Waals surface area contributed by atoms with Crippen molar-refractivity contribution in [3.8, 4) is 5.75 Å². The molecule has 0 fully saturated rings. The van der Waals surface area contributed by atoms with E-state index in [0.29, 0.717) is 24.3 Å². The van der Waals surface area contributed by atoms with Crippen molar-refractivity contribution in [3.63, 3.8) is 0 Å². The molecule has 0 saturated heterocycles. The summed E-state index contributed by atoms with van der Waals surface area (Å²) in [7, 11) is 0. The van der Waals surface area contributed by atoms with Crippen molar-refractivity contribution in [2.45, 2.75) is 39.0 Å². The zero-order valence-electron chi connectivity index (χ0n) is 16.5. The molecule has 0 radical (unpaired) electrons. The van der Waals surface area contributed by atoms with E-state index in [2.05, 4.69) is 25.2 Å². The summed E-state index contributed by atoms with van der Waals surface area (Å²) in [4.78, 5) is 22.0. The SMILES string of the molecule is CC/C=C\CC/C=C/C=C\C=C\[C@@H](C=O)CCOc1cccc(CC(=O)O)c1. The predicted octanol–water partition coefficient (Wildman–Crippen LogP) is 5.31. The summed E-state index contributed by atoms with van der Waals surface area (Å²) < 4.78 is 5.64. The molecule has 1 rings (SSSR count). The van der Waals surface area contributed by atoms with Crippen LogP contribution in [0.5, 0.6) is 5.75 Å². The highest BCUT2D eigenvalue weighted by Gasteiger charge is 2.05. The molecule has 0 bridgehead atoms. The molecule has 0 aliphatic carbocycles. The molecule has 0 amide bonds. The summed E-state index contributed by atoms with van der Waals surface area (Å²) in [6.45, 7) is 2.51. The number of ether oxygens (including phenoxy) is 1. The first-order valence-electron chi connectivity index (χ1n) is 9.69. The second kappa shape index (κ2) is 15.2. The Morgan fingerprint density at radius 2 is 1.89 bits per heavy atom. The highest BCUT2D eigenvalue weighted by atomic mass is 16.5. The second-order valence-corrected chi connectivity index (χ2v) is 6.31. The summed E-state index contributed by atoms with van der Waals surface area (Å²) in [5.41, 5.74) is 0.691. The van der Waals surface area contributed by atoms with E-state index < -0.39 is 5.97 Å². The number of hydrogen-bond donors (Lipinski definition) is 1. The topological polar surface area (TPSA) is 63.6 Å². The van der Waals surface area contributed by atoms with Gasteiger partial charge in [0.05, 0.1) is 13.0 Å². The largest absolute Gasteiger partial charge is 0.494 e. The third kappa shape index (κ3) is 11.7. The van der Waals surface area contributed by atoms with Gasteiger partial charge >= 0.3 is 5.97 Å². The van der Waals surface area contributed by atoms with Gasteiger partial charge in [-0.05, 0) is 43.4 Å². The minimum Gasteiger partial charge on any atom is -0.494 e. The highest BCUT2D eigenvalue weighted by Crippen LogP contribution is 2.15. The van der Waals surface area contributed by atoms with Crippen LogP contribution in [-0.2, 0) is 16.0 Å². The molecule has 28 heavy (non-hydrogen) atoms. The number of rotatable bonds is 14. The quantitative estimate of drug-likeness (QED) is 0.205. The van der Waals surface area contributed by atoms with Crippen LogP contribution in [-0.4, -0.2) is 24.0 Å². The molecule has 0 aliphatic rings. The highest BCUT2D eigenvalue weighted by molar-refractivity contribution is 5.70. The smallest absolute Gasteiger partial charge is 0.307 e. The third-order valence-corrected chi connectivity index (χ3v) is 3.88. The van der Waals surface area contributed by atoms with Crippen molar-refractivity contribution in [2.24, 2.45) is 5.92 Å². The molecular weight excluding hydrogens is 352 g/mol. The molecule has 0 heterocycles. The zero-order valence-corrected chi connectivity index (χ0v) is 16.5. The van der Waals surface area contributed by atoms with Crippen molar-refractivity contribution in [1.29, 1.82) is 0 Å². The van der Waals surface area contributed by atoms with E-state index in [-0.39, 0.29) is 12.3 Å². The van der Waals surface area contributed by atoms with E-state index in [4.69, 9.17) is 9.84 Å². The fourth-order valence-electron chi connectivity index (χ4n) is 2.43. The molecule has 1 aromatic carbocycles. The van der Waals surface area contributed by atoms with Crippen LogP contribution in [0.2, 0.25) is 0 Å². The minimum absolute atomic E-state index is 0.0346. The number of carbonyl (C=O) groups excluding carboxylic acids is 1. The lowest BCUT2D eigenvalue weighted by Crippen LogP contribution is -2.06. The number of unbranched alkanes of at least 4 members (excludes halogenated alkanes) is 1. The Labute approximate surface area is 167 Å². The number of aldehydes is 1. The zero-order chi connectivity index (χ0) is 20.5. The Bertz CT molecular complexity index is 698. The standard InChI is InChI=1S/C24H30O4/c1-2-3-4-5-6-7-8-9-10-11-13-21(20-25)16-17-28-23-15-12-14-22(18-23)19-24(26)27/h3-4,7-15,18,20-21H,2,5-6,16-17,19H2,1H3,(H,26,27)/b4-3-,8-7+,10-9-,13-11+/t21-/m1/s1. The van der Waals surface area contributed by atoms with Crippen LogP contribution in [0.25, 0.3) is 0 Å². The summed E-state index contributed by atoms with van der Waals surface area (Å²) in [5.74, 6) is -0.472. The maximum absolute atomic E-state index is 11.2. The number of carbonyl (C=O) groups is 2. The van der Waals surface area contributed by atoms with Gasteiger partial charge in [-0.2, -0.15) is 0 Å². The van der Waals surface area contributed by atoms with Crippen LogP contribution in [0.4, 0.5) is 0 Å². The number of hydrogen-bond acceptors (Lipinski definition) is 3. The van der Waals surface area contributed by atoms with Crippen LogP contribution in [0, 0.1) is 5.92 Å². The fourth-order valence-corrected chi connectivity index (χ4v) is 2.43. The van der Waals surface area contributed by atoms with Crippen molar-refractivity contribution in [1.82, 2.24) is 0 Å². The summed E-state index contributed by atoms with van der Waals surface area (Å²) in [6, 6.07) is 7.01. The summed E-state index contributed by atoms with van der Waals surface area (Å²) in [6.07, 6.45) is 20.7. The number of carboxylic acid groups (broad SMARTS) is 1. The molecule has 0 spiro atoms. The van der Waals surface area contributed by atoms with Gasteiger partial charge in [-0.3, -0.25) is 4.79 Å². The lowest BCUT2D eigenvalue weighted by molar-refractivity contribution is -0.136. The molecule has 0 aliphatic heterocycles. The van der Waals surface area contributed by atoms with Crippen molar-refractivity contribution < 1.29 is 19.4 Å². The molecule has 4 heteroatoms. The van der Waals surface area contributed by atoms with Crippen LogP contribution in [0.1, 0.15) is 38.2 Å². The van der Waals surface area contributed by atoms with E-state index >= 15 is 0 Å². The molecule has 1 aromatic rings. The molecule has 150 valence electrons. The first-order valence-corrected chi connectivity index (χ1v) is 9.69. The Morgan fingerprint density at radius 3 is 2.64 bits per heavy atom. The van der Waals surface area contributed by atoms with E-state index in [9.17, 15) is 9.59 Å². The average Bonchev–Trinajstić information content (AvgIpc) is 2.67. The summed E-state index contributed by atoms with van der Waals surface area (Å²) >= 11 is 0. The fraction of sp³-hybridized carbons (Fsp3) is 0.333. The maximum atomic E-state index is 11.2. The van der Waals surface area contributed by atoms with Gasteiger partial charge in [0.15, 0.2) is 0 Å². The van der Waals surface area contributed by atoms with Gasteiger partial charge in [0, 0.05) is 5.92 Å². The van der Waals surface area contributed by atoms with Crippen LogP contribution < -0.4 is 4.74 Å². The van der Waals surface area contributed by atoms with Gasteiger partial charge in [0.2, 0.25) is 0 Å². The number of benzene rings is 1. The minimum atomic E-state index is -0.875. The molecule has 0 unspecified atom stereocenters. The normalized spacial score (nSPS) is 13.0. The lowest BCUT2D eigenvalue weighted by atomic mass is 10.1. The van der Waals surface area contributed by atoms with Crippen molar-refractivity contribution in [3.05, 3.63) is 78.4 Å². The predicted molar refractivity (Wildman–Crippen MR) is 114 cm³/mol. The van der Waals surface area contributed by atoms with Crippen LogP contribution in [0.3, 0.4) is 0 Å². The van der Waals surface area contributed by atoms with Gasteiger partial charge in [-0.15, -0.1) is 0 Å². The van der Waals surface area contributed by atoms with E-state index in [1.807, 2.05) is 30.4 Å². The van der Waals surface area contributed by atoms with Gasteiger partial charge in [0.1, 0.15) is 12.0 Å². The molecular formula is C24H30O4. The molecule has 1 N–H and O–H groups in total. The molecule has 1 atom stereocenters. The summed E-state index contributed by atoms with van der Waals surface area (Å²) in [5, 5.41) is 8.83. The van der Waals surface area contributed by atoms with Gasteiger partial charge in [-0.1, -0.05) is 67.7 Å². The average molecular weight is 383 g/mol. The molecule has 0 saturated carbocycles. The van der Waals surface area contributed by atoms with Gasteiger partial charge in [0.25, 0.3) is 0 Å². The number of aliphatic carboxylic acids is 1. The molecule has 4 nitrogen and oxygen atoms in total. The molecule has 0 aromatic heterocycles. The first kappa shape index (κ1) is 23.2.